The molecule has 0 heterocycles. The Morgan fingerprint density at radius 3 is 2.47 bits per heavy atom. The number of halogens is 1. The Bertz CT molecular complexity index is 596. The highest BCUT2D eigenvalue weighted by Crippen LogP contribution is 2.24. The fraction of sp³-hybridized carbons (Fsp3) is 0.0714. The standard InChI is InChI=1S/C14H14BrN3O/c1-9-12(15)3-2-4-13(9)17-14(19)10-5-7-11(18-16)8-6-10/h2-8,18H,16H2,1H3,(H,17,19). The average molecular weight is 320 g/mol. The van der Waals surface area contributed by atoms with Gasteiger partial charge in [-0.1, -0.05) is 22.0 Å². The summed E-state index contributed by atoms with van der Waals surface area (Å²) < 4.78 is 0.966. The number of nitrogens with one attached hydrogen (secondary N) is 2. The van der Waals surface area contributed by atoms with Gasteiger partial charge in [0.25, 0.3) is 5.91 Å². The molecular weight excluding hydrogens is 306 g/mol. The lowest BCUT2D eigenvalue weighted by molar-refractivity contribution is 0.102. The van der Waals surface area contributed by atoms with Crippen molar-refractivity contribution in [1.29, 1.82) is 0 Å². The van der Waals surface area contributed by atoms with Crippen molar-refractivity contribution in [3.63, 3.8) is 0 Å². The molecular formula is C14H14BrN3O. The monoisotopic (exact) mass is 319 g/mol. The molecule has 0 aliphatic heterocycles. The van der Waals surface area contributed by atoms with Gasteiger partial charge in [-0.3, -0.25) is 10.6 Å². The Morgan fingerprint density at radius 2 is 1.84 bits per heavy atom. The lowest BCUT2D eigenvalue weighted by atomic mass is 10.1. The van der Waals surface area contributed by atoms with Crippen LogP contribution in [0.25, 0.3) is 0 Å². The van der Waals surface area contributed by atoms with Crippen molar-refractivity contribution in [2.45, 2.75) is 6.92 Å². The zero-order chi connectivity index (χ0) is 13.8. The molecule has 0 spiro atoms. The van der Waals surface area contributed by atoms with Crippen molar-refractivity contribution in [3.05, 3.63) is 58.1 Å². The smallest absolute Gasteiger partial charge is 0.255 e. The summed E-state index contributed by atoms with van der Waals surface area (Å²) in [5, 5.41) is 2.88. The zero-order valence-electron chi connectivity index (χ0n) is 10.4. The maximum absolute atomic E-state index is 12.1. The third kappa shape index (κ3) is 3.13. The maximum atomic E-state index is 12.1. The number of nitrogen functional groups attached to an aromatic ring is 1. The van der Waals surface area contributed by atoms with Crippen LogP contribution in [0.15, 0.2) is 46.9 Å². The highest BCUT2D eigenvalue weighted by molar-refractivity contribution is 9.10. The fourth-order valence-electron chi connectivity index (χ4n) is 1.66. The second-order valence-corrected chi connectivity index (χ2v) is 4.94. The summed E-state index contributed by atoms with van der Waals surface area (Å²) in [7, 11) is 0. The summed E-state index contributed by atoms with van der Waals surface area (Å²) in [4.78, 5) is 12.1. The third-order valence-electron chi connectivity index (χ3n) is 2.83. The van der Waals surface area contributed by atoms with Crippen LogP contribution in [-0.2, 0) is 0 Å². The van der Waals surface area contributed by atoms with Crippen LogP contribution in [-0.4, -0.2) is 5.91 Å². The van der Waals surface area contributed by atoms with E-state index in [2.05, 4.69) is 26.7 Å². The van der Waals surface area contributed by atoms with Crippen LogP contribution < -0.4 is 16.6 Å². The highest BCUT2D eigenvalue weighted by Gasteiger charge is 2.08. The predicted molar refractivity (Wildman–Crippen MR) is 81.1 cm³/mol. The summed E-state index contributed by atoms with van der Waals surface area (Å²) in [6.45, 7) is 1.95. The largest absolute Gasteiger partial charge is 0.324 e. The number of carbonyl (C=O) groups is 1. The molecule has 0 atom stereocenters. The minimum absolute atomic E-state index is 0.148. The van der Waals surface area contributed by atoms with Crippen molar-refractivity contribution < 1.29 is 4.79 Å². The van der Waals surface area contributed by atoms with Gasteiger partial charge in [-0.25, -0.2) is 0 Å². The van der Waals surface area contributed by atoms with E-state index in [1.807, 2.05) is 25.1 Å². The number of hydrogen-bond donors (Lipinski definition) is 3. The molecule has 1 amide bonds. The summed E-state index contributed by atoms with van der Waals surface area (Å²) in [5.41, 5.74) is 5.65. The van der Waals surface area contributed by atoms with Gasteiger partial charge in [0.1, 0.15) is 0 Å². The number of nitrogens with two attached hydrogens (primary N) is 1. The van der Waals surface area contributed by atoms with Crippen LogP contribution in [0.4, 0.5) is 11.4 Å². The van der Waals surface area contributed by atoms with Crippen LogP contribution in [0.2, 0.25) is 0 Å². The molecule has 0 unspecified atom stereocenters. The van der Waals surface area contributed by atoms with Gasteiger partial charge >= 0.3 is 0 Å². The van der Waals surface area contributed by atoms with E-state index in [0.29, 0.717) is 5.56 Å². The fourth-order valence-corrected chi connectivity index (χ4v) is 2.02. The molecule has 2 aromatic rings. The second-order valence-electron chi connectivity index (χ2n) is 4.09. The quantitative estimate of drug-likeness (QED) is 0.600. The lowest BCUT2D eigenvalue weighted by Gasteiger charge is -2.10. The van der Waals surface area contributed by atoms with Gasteiger partial charge in [-0.05, 0) is 48.9 Å². The van der Waals surface area contributed by atoms with Crippen molar-refractivity contribution >= 4 is 33.2 Å². The molecule has 0 fully saturated rings. The van der Waals surface area contributed by atoms with Crippen LogP contribution in [0, 0.1) is 6.92 Å². The molecule has 2 rings (SSSR count). The average Bonchev–Trinajstić information content (AvgIpc) is 2.44. The van der Waals surface area contributed by atoms with Gasteiger partial charge < -0.3 is 10.7 Å². The molecule has 0 aromatic heterocycles. The summed E-state index contributed by atoms with van der Waals surface area (Å²) >= 11 is 3.44. The molecule has 0 bridgehead atoms. The van der Waals surface area contributed by atoms with Crippen LogP contribution >= 0.6 is 15.9 Å². The van der Waals surface area contributed by atoms with E-state index in [4.69, 9.17) is 5.84 Å². The molecule has 4 nitrogen and oxygen atoms in total. The number of anilines is 2. The summed E-state index contributed by atoms with van der Waals surface area (Å²) in [5.74, 6) is 5.13. The summed E-state index contributed by atoms with van der Waals surface area (Å²) in [6, 6.07) is 12.6. The van der Waals surface area contributed by atoms with E-state index in [-0.39, 0.29) is 5.91 Å². The molecule has 19 heavy (non-hydrogen) atoms. The minimum atomic E-state index is -0.148. The Kier molecular flexibility index (Phi) is 4.19. The number of benzene rings is 2. The third-order valence-corrected chi connectivity index (χ3v) is 3.69. The van der Waals surface area contributed by atoms with Gasteiger partial charge in [0, 0.05) is 21.4 Å². The van der Waals surface area contributed by atoms with Crippen molar-refractivity contribution in [1.82, 2.24) is 0 Å². The first kappa shape index (κ1) is 13.6. The highest BCUT2D eigenvalue weighted by atomic mass is 79.9. The van der Waals surface area contributed by atoms with E-state index >= 15 is 0 Å². The van der Waals surface area contributed by atoms with Crippen LogP contribution in [0.3, 0.4) is 0 Å². The van der Waals surface area contributed by atoms with Crippen molar-refractivity contribution in [2.24, 2.45) is 5.84 Å². The molecule has 2 aromatic carbocycles. The second kappa shape index (κ2) is 5.86. The zero-order valence-corrected chi connectivity index (χ0v) is 12.0. The van der Waals surface area contributed by atoms with Gasteiger partial charge in [0.05, 0.1) is 0 Å². The molecule has 98 valence electrons. The Balaban J connectivity index is 2.18. The minimum Gasteiger partial charge on any atom is -0.324 e. The predicted octanol–water partition coefficient (Wildman–Crippen LogP) is 3.30. The van der Waals surface area contributed by atoms with E-state index in [1.165, 1.54) is 0 Å². The van der Waals surface area contributed by atoms with E-state index < -0.39 is 0 Å². The molecule has 0 aliphatic carbocycles. The molecule has 0 aliphatic rings. The van der Waals surface area contributed by atoms with Gasteiger partial charge in [0.2, 0.25) is 0 Å². The molecule has 5 heteroatoms. The molecule has 4 N–H and O–H groups in total. The van der Waals surface area contributed by atoms with E-state index in [0.717, 1.165) is 21.4 Å². The first-order valence-electron chi connectivity index (χ1n) is 5.75. The number of rotatable bonds is 3. The number of hydrazine groups is 1. The van der Waals surface area contributed by atoms with Crippen LogP contribution in [0.5, 0.6) is 0 Å². The normalized spacial score (nSPS) is 10.1. The Hall–Kier alpha value is -1.85. The Labute approximate surface area is 120 Å². The maximum Gasteiger partial charge on any atom is 0.255 e. The number of carbonyl (C=O) groups excluding carboxylic acids is 1. The number of hydrogen-bond acceptors (Lipinski definition) is 3. The van der Waals surface area contributed by atoms with Gasteiger partial charge in [0.15, 0.2) is 0 Å². The SMILES string of the molecule is Cc1c(Br)cccc1NC(=O)c1ccc(NN)cc1. The first-order chi connectivity index (χ1) is 9.11. The molecule has 0 saturated heterocycles. The Morgan fingerprint density at radius 1 is 1.16 bits per heavy atom. The number of amides is 1. The van der Waals surface area contributed by atoms with E-state index in [1.54, 1.807) is 24.3 Å². The van der Waals surface area contributed by atoms with Crippen molar-refractivity contribution in [2.75, 3.05) is 10.7 Å². The lowest BCUT2D eigenvalue weighted by Crippen LogP contribution is -2.13. The molecule has 0 radical (unpaired) electrons. The van der Waals surface area contributed by atoms with E-state index in [9.17, 15) is 4.79 Å². The van der Waals surface area contributed by atoms with Crippen molar-refractivity contribution in [3.8, 4) is 0 Å². The van der Waals surface area contributed by atoms with Gasteiger partial charge in [-0.15, -0.1) is 0 Å². The topological polar surface area (TPSA) is 67.2 Å². The van der Waals surface area contributed by atoms with Gasteiger partial charge in [-0.2, -0.15) is 0 Å². The molecule has 0 saturated carbocycles. The first-order valence-corrected chi connectivity index (χ1v) is 6.54. The van der Waals surface area contributed by atoms with Crippen LogP contribution in [0.1, 0.15) is 15.9 Å². The summed E-state index contributed by atoms with van der Waals surface area (Å²) in [6.07, 6.45) is 0.